The SMILES string of the molecule is CCN(CC(=O)Nc1cccc(OC)c1)C(=O)CC1CCCCC1. The lowest BCUT2D eigenvalue weighted by molar-refractivity contribution is -0.135. The van der Waals surface area contributed by atoms with Gasteiger partial charge < -0.3 is 15.0 Å². The second kappa shape index (κ2) is 9.30. The number of methoxy groups -OCH3 is 1. The zero-order chi connectivity index (χ0) is 17.4. The van der Waals surface area contributed by atoms with Crippen molar-refractivity contribution in [3.63, 3.8) is 0 Å². The van der Waals surface area contributed by atoms with E-state index in [1.165, 1.54) is 19.3 Å². The highest BCUT2D eigenvalue weighted by atomic mass is 16.5. The summed E-state index contributed by atoms with van der Waals surface area (Å²) in [6.45, 7) is 2.56. The van der Waals surface area contributed by atoms with Gasteiger partial charge in [0.15, 0.2) is 0 Å². The number of likely N-dealkylation sites (N-methyl/N-ethyl adjacent to an activating group) is 1. The normalized spacial score (nSPS) is 14.9. The van der Waals surface area contributed by atoms with Crippen LogP contribution >= 0.6 is 0 Å². The van der Waals surface area contributed by atoms with Crippen LogP contribution in [0.15, 0.2) is 24.3 Å². The van der Waals surface area contributed by atoms with Gasteiger partial charge in [0.2, 0.25) is 11.8 Å². The topological polar surface area (TPSA) is 58.6 Å². The monoisotopic (exact) mass is 332 g/mol. The minimum absolute atomic E-state index is 0.0881. The Hall–Kier alpha value is -2.04. The summed E-state index contributed by atoms with van der Waals surface area (Å²) in [6.07, 6.45) is 6.57. The number of anilines is 1. The van der Waals surface area contributed by atoms with Crippen molar-refractivity contribution in [1.82, 2.24) is 4.90 Å². The molecule has 1 aliphatic carbocycles. The summed E-state index contributed by atoms with van der Waals surface area (Å²) in [4.78, 5) is 26.3. The van der Waals surface area contributed by atoms with E-state index in [2.05, 4.69) is 5.32 Å². The van der Waals surface area contributed by atoms with Crippen LogP contribution < -0.4 is 10.1 Å². The largest absolute Gasteiger partial charge is 0.497 e. The third-order valence-corrected chi connectivity index (χ3v) is 4.61. The lowest BCUT2D eigenvalue weighted by Crippen LogP contribution is -2.38. The fraction of sp³-hybridized carbons (Fsp3) is 0.579. The van der Waals surface area contributed by atoms with Crippen molar-refractivity contribution >= 4 is 17.5 Å². The number of rotatable bonds is 7. The molecule has 0 aliphatic heterocycles. The zero-order valence-electron chi connectivity index (χ0n) is 14.7. The molecule has 2 rings (SSSR count). The number of benzene rings is 1. The summed E-state index contributed by atoms with van der Waals surface area (Å²) >= 11 is 0. The van der Waals surface area contributed by atoms with Gasteiger partial charge in [-0.3, -0.25) is 9.59 Å². The number of nitrogens with zero attached hydrogens (tertiary/aromatic N) is 1. The first-order chi connectivity index (χ1) is 11.6. The molecule has 1 N–H and O–H groups in total. The maximum Gasteiger partial charge on any atom is 0.243 e. The maximum atomic E-state index is 12.5. The van der Waals surface area contributed by atoms with Crippen molar-refractivity contribution in [3.05, 3.63) is 24.3 Å². The predicted molar refractivity (Wildman–Crippen MR) is 95.1 cm³/mol. The minimum Gasteiger partial charge on any atom is -0.497 e. The van der Waals surface area contributed by atoms with Crippen LogP contribution in [0.1, 0.15) is 45.4 Å². The fourth-order valence-corrected chi connectivity index (χ4v) is 3.22. The molecular formula is C19H28N2O3. The quantitative estimate of drug-likeness (QED) is 0.832. The van der Waals surface area contributed by atoms with Crippen molar-refractivity contribution < 1.29 is 14.3 Å². The van der Waals surface area contributed by atoms with Crippen LogP contribution in [0, 0.1) is 5.92 Å². The molecule has 0 heterocycles. The summed E-state index contributed by atoms with van der Waals surface area (Å²) in [6, 6.07) is 7.21. The molecule has 24 heavy (non-hydrogen) atoms. The molecule has 1 aliphatic rings. The van der Waals surface area contributed by atoms with Crippen molar-refractivity contribution in [2.45, 2.75) is 45.4 Å². The number of ether oxygens (including phenoxy) is 1. The van der Waals surface area contributed by atoms with E-state index in [1.807, 2.05) is 19.1 Å². The summed E-state index contributed by atoms with van der Waals surface area (Å²) in [5.74, 6) is 1.09. The average Bonchev–Trinajstić information content (AvgIpc) is 2.60. The third-order valence-electron chi connectivity index (χ3n) is 4.61. The molecule has 132 valence electrons. The van der Waals surface area contributed by atoms with Gasteiger partial charge in [0, 0.05) is 24.7 Å². The summed E-state index contributed by atoms with van der Waals surface area (Å²) < 4.78 is 5.15. The van der Waals surface area contributed by atoms with Gasteiger partial charge in [-0.05, 0) is 37.8 Å². The van der Waals surface area contributed by atoms with E-state index in [-0.39, 0.29) is 18.4 Å². The molecule has 5 nitrogen and oxygen atoms in total. The van der Waals surface area contributed by atoms with Crippen molar-refractivity contribution in [2.75, 3.05) is 25.5 Å². The number of hydrogen-bond donors (Lipinski definition) is 1. The van der Waals surface area contributed by atoms with Gasteiger partial charge in [-0.15, -0.1) is 0 Å². The van der Waals surface area contributed by atoms with Crippen LogP contribution in [0.3, 0.4) is 0 Å². The fourth-order valence-electron chi connectivity index (χ4n) is 3.22. The molecule has 0 spiro atoms. The Morgan fingerprint density at radius 3 is 2.67 bits per heavy atom. The first-order valence-electron chi connectivity index (χ1n) is 8.84. The molecule has 0 saturated heterocycles. The Morgan fingerprint density at radius 1 is 1.25 bits per heavy atom. The van der Waals surface area contributed by atoms with Gasteiger partial charge in [-0.25, -0.2) is 0 Å². The van der Waals surface area contributed by atoms with E-state index < -0.39 is 0 Å². The highest BCUT2D eigenvalue weighted by molar-refractivity contribution is 5.94. The van der Waals surface area contributed by atoms with Gasteiger partial charge >= 0.3 is 0 Å². The van der Waals surface area contributed by atoms with E-state index >= 15 is 0 Å². The third kappa shape index (κ3) is 5.55. The van der Waals surface area contributed by atoms with E-state index in [0.717, 1.165) is 12.8 Å². The van der Waals surface area contributed by atoms with Gasteiger partial charge in [0.1, 0.15) is 5.75 Å². The molecular weight excluding hydrogens is 304 g/mol. The highest BCUT2D eigenvalue weighted by Crippen LogP contribution is 2.26. The van der Waals surface area contributed by atoms with Gasteiger partial charge in [0.05, 0.1) is 13.7 Å². The molecule has 0 unspecified atom stereocenters. The standard InChI is InChI=1S/C19H28N2O3/c1-3-21(19(23)12-15-8-5-4-6-9-15)14-18(22)20-16-10-7-11-17(13-16)24-2/h7,10-11,13,15H,3-6,8-9,12,14H2,1-2H3,(H,20,22). The lowest BCUT2D eigenvalue weighted by atomic mass is 9.86. The Balaban J connectivity index is 1.86. The van der Waals surface area contributed by atoms with E-state index in [1.54, 1.807) is 24.1 Å². The molecule has 0 aromatic heterocycles. The average molecular weight is 332 g/mol. The Kier molecular flexibility index (Phi) is 7.09. The van der Waals surface area contributed by atoms with Gasteiger partial charge in [-0.1, -0.05) is 25.3 Å². The van der Waals surface area contributed by atoms with E-state index in [9.17, 15) is 9.59 Å². The predicted octanol–water partition coefficient (Wildman–Crippen LogP) is 3.45. The molecule has 1 fully saturated rings. The number of hydrogen-bond acceptors (Lipinski definition) is 3. The molecule has 1 aromatic carbocycles. The van der Waals surface area contributed by atoms with Crippen LogP contribution in [0.4, 0.5) is 5.69 Å². The van der Waals surface area contributed by atoms with Gasteiger partial charge in [0.25, 0.3) is 0 Å². The maximum absolute atomic E-state index is 12.5. The molecule has 0 radical (unpaired) electrons. The summed E-state index contributed by atoms with van der Waals surface area (Å²) in [7, 11) is 1.59. The molecule has 0 atom stereocenters. The first-order valence-corrected chi connectivity index (χ1v) is 8.84. The molecule has 2 amide bonds. The van der Waals surface area contributed by atoms with Gasteiger partial charge in [-0.2, -0.15) is 0 Å². The van der Waals surface area contributed by atoms with Crippen molar-refractivity contribution in [2.24, 2.45) is 5.92 Å². The number of nitrogens with one attached hydrogen (secondary N) is 1. The van der Waals surface area contributed by atoms with Crippen LogP contribution in [0.2, 0.25) is 0 Å². The minimum atomic E-state index is -0.179. The van der Waals surface area contributed by atoms with Crippen LogP contribution in [0.5, 0.6) is 5.75 Å². The summed E-state index contributed by atoms with van der Waals surface area (Å²) in [5.41, 5.74) is 0.676. The lowest BCUT2D eigenvalue weighted by Gasteiger charge is -2.25. The first kappa shape index (κ1) is 18.3. The van der Waals surface area contributed by atoms with Crippen molar-refractivity contribution in [1.29, 1.82) is 0 Å². The Labute approximate surface area is 144 Å². The number of amides is 2. The molecule has 5 heteroatoms. The molecule has 1 saturated carbocycles. The van der Waals surface area contributed by atoms with Crippen LogP contribution in [-0.4, -0.2) is 36.9 Å². The van der Waals surface area contributed by atoms with Crippen molar-refractivity contribution in [3.8, 4) is 5.75 Å². The van der Waals surface area contributed by atoms with Crippen LogP contribution in [0.25, 0.3) is 0 Å². The molecule has 0 bridgehead atoms. The van der Waals surface area contributed by atoms with Crippen LogP contribution in [-0.2, 0) is 9.59 Å². The molecule has 1 aromatic rings. The van der Waals surface area contributed by atoms with E-state index in [0.29, 0.717) is 30.3 Å². The second-order valence-electron chi connectivity index (χ2n) is 6.40. The number of carbonyl (C=O) groups is 2. The number of carbonyl (C=O) groups excluding carboxylic acids is 2. The second-order valence-corrected chi connectivity index (χ2v) is 6.40. The highest BCUT2D eigenvalue weighted by Gasteiger charge is 2.21. The summed E-state index contributed by atoms with van der Waals surface area (Å²) in [5, 5.41) is 2.83. The Bertz CT molecular complexity index is 553. The van der Waals surface area contributed by atoms with E-state index in [4.69, 9.17) is 4.74 Å². The Morgan fingerprint density at radius 2 is 2.00 bits per heavy atom. The smallest absolute Gasteiger partial charge is 0.243 e. The zero-order valence-corrected chi connectivity index (χ0v) is 14.7.